The Morgan fingerprint density at radius 1 is 1.47 bits per heavy atom. The highest BCUT2D eigenvalue weighted by atomic mass is 35.5. The Balaban J connectivity index is 2.67. The summed E-state index contributed by atoms with van der Waals surface area (Å²) in [5.41, 5.74) is 14.8. The van der Waals surface area contributed by atoms with Crippen molar-refractivity contribution >= 4 is 23.2 Å². The van der Waals surface area contributed by atoms with Crippen LogP contribution in [-0.4, -0.2) is 12.6 Å². The molecule has 0 saturated carbocycles. The molecule has 0 aliphatic carbocycles. The van der Waals surface area contributed by atoms with Gasteiger partial charge >= 0.3 is 0 Å². The molecule has 0 aliphatic rings. The molecule has 0 aliphatic heterocycles. The number of hydrogen-bond acceptors (Lipinski definition) is 2. The van der Waals surface area contributed by atoms with Gasteiger partial charge in [0.2, 0.25) is 0 Å². The molecule has 0 amide bonds. The quantitative estimate of drug-likeness (QED) is 0.493. The summed E-state index contributed by atoms with van der Waals surface area (Å²) >= 11 is 11.7. The molecule has 6 heteroatoms. The maximum atomic E-state index is 8.13. The smallest absolute Gasteiger partial charge is 0.0453 e. The van der Waals surface area contributed by atoms with Crippen molar-refractivity contribution in [1.29, 1.82) is 0 Å². The predicted octanol–water partition coefficient (Wildman–Crippen LogP) is 3.17. The molecule has 1 unspecified atom stereocenters. The van der Waals surface area contributed by atoms with E-state index in [0.29, 0.717) is 16.5 Å². The Morgan fingerprint density at radius 3 is 2.80 bits per heavy atom. The van der Waals surface area contributed by atoms with Gasteiger partial charge in [0.1, 0.15) is 0 Å². The first kappa shape index (κ1) is 12.1. The van der Waals surface area contributed by atoms with E-state index in [1.807, 2.05) is 6.07 Å². The van der Waals surface area contributed by atoms with E-state index in [2.05, 4.69) is 10.0 Å². The fraction of sp³-hybridized carbons (Fsp3) is 0.333. The van der Waals surface area contributed by atoms with Gasteiger partial charge in [-0.05, 0) is 29.6 Å². The molecule has 0 saturated heterocycles. The summed E-state index contributed by atoms with van der Waals surface area (Å²) < 4.78 is 0. The summed E-state index contributed by atoms with van der Waals surface area (Å²) in [5, 5.41) is 4.57. The van der Waals surface area contributed by atoms with Crippen LogP contribution < -0.4 is 5.73 Å². The molecule has 4 nitrogen and oxygen atoms in total. The second-order valence-electron chi connectivity index (χ2n) is 3.11. The second-order valence-corrected chi connectivity index (χ2v) is 3.96. The first-order chi connectivity index (χ1) is 7.13. The van der Waals surface area contributed by atoms with Crippen LogP contribution in [0.1, 0.15) is 5.56 Å². The van der Waals surface area contributed by atoms with Gasteiger partial charge in [-0.15, -0.1) is 0 Å². The Morgan fingerprint density at radius 2 is 2.20 bits per heavy atom. The molecule has 1 atom stereocenters. The lowest BCUT2D eigenvalue weighted by Crippen LogP contribution is -2.26. The largest absolute Gasteiger partial charge is 0.327 e. The number of benzene rings is 1. The third-order valence-corrected chi connectivity index (χ3v) is 2.46. The zero-order chi connectivity index (χ0) is 11.3. The van der Waals surface area contributed by atoms with Crippen LogP contribution >= 0.6 is 23.2 Å². The van der Waals surface area contributed by atoms with Gasteiger partial charge in [-0.3, -0.25) is 0 Å². The van der Waals surface area contributed by atoms with Crippen molar-refractivity contribution in [3.63, 3.8) is 0 Å². The van der Waals surface area contributed by atoms with Crippen molar-refractivity contribution < 1.29 is 0 Å². The SMILES string of the molecule is [N-]=[N+]=NCC(N)Cc1ccc(Cl)cc1Cl. The van der Waals surface area contributed by atoms with Crippen molar-refractivity contribution in [1.82, 2.24) is 0 Å². The number of nitrogens with two attached hydrogens (primary N) is 1. The highest BCUT2D eigenvalue weighted by molar-refractivity contribution is 6.35. The third-order valence-electron chi connectivity index (χ3n) is 1.88. The van der Waals surface area contributed by atoms with E-state index in [0.717, 1.165) is 5.56 Å². The van der Waals surface area contributed by atoms with Crippen molar-refractivity contribution in [3.8, 4) is 0 Å². The Hall–Kier alpha value is -0.930. The molecule has 15 heavy (non-hydrogen) atoms. The van der Waals surface area contributed by atoms with Crippen LogP contribution in [0, 0.1) is 0 Å². The lowest BCUT2D eigenvalue weighted by Gasteiger charge is -2.09. The predicted molar refractivity (Wildman–Crippen MR) is 62.2 cm³/mol. The monoisotopic (exact) mass is 244 g/mol. The van der Waals surface area contributed by atoms with Gasteiger partial charge in [0.05, 0.1) is 0 Å². The number of nitrogens with zero attached hydrogens (tertiary/aromatic N) is 3. The summed E-state index contributed by atoms with van der Waals surface area (Å²) in [7, 11) is 0. The summed E-state index contributed by atoms with van der Waals surface area (Å²) in [6.45, 7) is 0.259. The van der Waals surface area contributed by atoms with E-state index >= 15 is 0 Å². The van der Waals surface area contributed by atoms with E-state index in [1.54, 1.807) is 12.1 Å². The molecule has 80 valence electrons. The summed E-state index contributed by atoms with van der Waals surface area (Å²) in [6.07, 6.45) is 0.565. The molecule has 0 heterocycles. The van der Waals surface area contributed by atoms with Crippen molar-refractivity contribution in [2.75, 3.05) is 6.54 Å². The van der Waals surface area contributed by atoms with Crippen molar-refractivity contribution in [3.05, 3.63) is 44.3 Å². The molecule has 0 aromatic heterocycles. The zero-order valence-corrected chi connectivity index (χ0v) is 9.41. The molecule has 0 radical (unpaired) electrons. The minimum atomic E-state index is -0.223. The molecule has 1 aromatic carbocycles. The number of hydrogen-bond donors (Lipinski definition) is 1. The number of azide groups is 1. The van der Waals surface area contributed by atoms with Gasteiger partial charge in [0.25, 0.3) is 0 Å². The van der Waals surface area contributed by atoms with E-state index in [-0.39, 0.29) is 12.6 Å². The fourth-order valence-corrected chi connectivity index (χ4v) is 1.66. The van der Waals surface area contributed by atoms with Gasteiger partial charge in [0.15, 0.2) is 0 Å². The van der Waals surface area contributed by atoms with Crippen LogP contribution in [0.3, 0.4) is 0 Å². The van der Waals surface area contributed by atoms with E-state index in [4.69, 9.17) is 34.5 Å². The molecule has 0 fully saturated rings. The van der Waals surface area contributed by atoms with Crippen LogP contribution in [0.15, 0.2) is 23.3 Å². The number of rotatable bonds is 4. The lowest BCUT2D eigenvalue weighted by molar-refractivity contribution is 0.676. The minimum absolute atomic E-state index is 0.223. The van der Waals surface area contributed by atoms with Crippen LogP contribution in [-0.2, 0) is 6.42 Å². The molecular formula is C9H10Cl2N4. The van der Waals surface area contributed by atoms with Crippen molar-refractivity contribution in [2.24, 2.45) is 10.8 Å². The molecular weight excluding hydrogens is 235 g/mol. The van der Waals surface area contributed by atoms with E-state index in [9.17, 15) is 0 Å². The van der Waals surface area contributed by atoms with Crippen LogP contribution in [0.4, 0.5) is 0 Å². The van der Waals surface area contributed by atoms with Gasteiger partial charge in [-0.2, -0.15) is 0 Å². The summed E-state index contributed by atoms with van der Waals surface area (Å²) in [4.78, 5) is 2.64. The Kier molecular flexibility index (Phi) is 4.72. The molecule has 1 aromatic rings. The van der Waals surface area contributed by atoms with Gasteiger partial charge < -0.3 is 5.73 Å². The average Bonchev–Trinajstić information content (AvgIpc) is 2.19. The summed E-state index contributed by atoms with van der Waals surface area (Å²) in [5.74, 6) is 0. The van der Waals surface area contributed by atoms with Crippen LogP contribution in [0.2, 0.25) is 10.0 Å². The first-order valence-corrected chi connectivity index (χ1v) is 5.09. The minimum Gasteiger partial charge on any atom is -0.327 e. The fourth-order valence-electron chi connectivity index (χ4n) is 1.18. The van der Waals surface area contributed by atoms with Gasteiger partial charge in [-0.1, -0.05) is 34.4 Å². The molecule has 0 bridgehead atoms. The highest BCUT2D eigenvalue weighted by Gasteiger charge is 2.06. The highest BCUT2D eigenvalue weighted by Crippen LogP contribution is 2.21. The average molecular weight is 245 g/mol. The van der Waals surface area contributed by atoms with E-state index in [1.165, 1.54) is 0 Å². The maximum Gasteiger partial charge on any atom is 0.0453 e. The summed E-state index contributed by atoms with van der Waals surface area (Å²) in [6, 6.07) is 5.02. The second kappa shape index (κ2) is 5.83. The third kappa shape index (κ3) is 3.98. The number of halogens is 2. The molecule has 1 rings (SSSR count). The lowest BCUT2D eigenvalue weighted by atomic mass is 10.1. The standard InChI is InChI=1S/C9H10Cl2N4/c10-7-2-1-6(9(11)4-7)3-8(12)5-14-15-13/h1-2,4,8H,3,5,12H2. The van der Waals surface area contributed by atoms with Crippen molar-refractivity contribution in [2.45, 2.75) is 12.5 Å². The normalized spacial score (nSPS) is 11.9. The van der Waals surface area contributed by atoms with Gasteiger partial charge in [0, 0.05) is 27.5 Å². The Labute approximate surface area is 97.6 Å². The van der Waals surface area contributed by atoms with Gasteiger partial charge in [-0.25, -0.2) is 0 Å². The zero-order valence-electron chi connectivity index (χ0n) is 7.90. The van der Waals surface area contributed by atoms with Crippen LogP contribution in [0.25, 0.3) is 10.4 Å². The van der Waals surface area contributed by atoms with E-state index < -0.39 is 0 Å². The first-order valence-electron chi connectivity index (χ1n) is 4.34. The van der Waals surface area contributed by atoms with Crippen LogP contribution in [0.5, 0.6) is 0 Å². The maximum absolute atomic E-state index is 8.13. The topological polar surface area (TPSA) is 74.8 Å². The molecule has 0 spiro atoms. The molecule has 2 N–H and O–H groups in total. The Bertz CT molecular complexity index is 388.